The number of nitrogens with one attached hydrogen (secondary N) is 1. The van der Waals surface area contributed by atoms with Gasteiger partial charge in [-0.3, -0.25) is 4.98 Å². The molecule has 0 amide bonds. The van der Waals surface area contributed by atoms with E-state index >= 15 is 0 Å². The van der Waals surface area contributed by atoms with Gasteiger partial charge in [0.15, 0.2) is 5.16 Å². The number of hydrogen-bond acceptors (Lipinski definition) is 6. The summed E-state index contributed by atoms with van der Waals surface area (Å²) in [5, 5.41) is 4.96. The number of aromatic nitrogens is 3. The standard InChI is InChI=1S/C14H13N5S/c1-20-14-18-12(15)8-13(19-14)17-11-6-2-5-10-9(11)4-3-7-16-10/h2-8H,1H3,(H3,15,17,18,19). The van der Waals surface area contributed by atoms with Gasteiger partial charge >= 0.3 is 0 Å². The molecule has 0 unspecified atom stereocenters. The Balaban J connectivity index is 2.03. The molecular formula is C14H13N5S. The van der Waals surface area contributed by atoms with Crippen LogP contribution in [-0.4, -0.2) is 21.2 Å². The van der Waals surface area contributed by atoms with Crippen LogP contribution in [0.25, 0.3) is 10.9 Å². The summed E-state index contributed by atoms with van der Waals surface area (Å²) in [5.41, 5.74) is 7.66. The third-order valence-electron chi connectivity index (χ3n) is 2.82. The molecule has 0 radical (unpaired) electrons. The fraction of sp³-hybridized carbons (Fsp3) is 0.0714. The predicted octanol–water partition coefficient (Wildman–Crippen LogP) is 3.07. The Morgan fingerprint density at radius 2 is 2.05 bits per heavy atom. The smallest absolute Gasteiger partial charge is 0.191 e. The average Bonchev–Trinajstić information content (AvgIpc) is 2.47. The fourth-order valence-electron chi connectivity index (χ4n) is 1.95. The first-order valence-electron chi connectivity index (χ1n) is 6.05. The lowest BCUT2D eigenvalue weighted by Gasteiger charge is -2.09. The number of hydrogen-bond donors (Lipinski definition) is 2. The zero-order valence-electron chi connectivity index (χ0n) is 10.9. The zero-order valence-corrected chi connectivity index (χ0v) is 11.7. The molecule has 1 aromatic carbocycles. The van der Waals surface area contributed by atoms with E-state index in [1.807, 2.05) is 36.6 Å². The van der Waals surface area contributed by atoms with Crippen molar-refractivity contribution in [3.05, 3.63) is 42.6 Å². The third kappa shape index (κ3) is 2.50. The Kier molecular flexibility index (Phi) is 3.39. The molecular weight excluding hydrogens is 270 g/mol. The predicted molar refractivity (Wildman–Crippen MR) is 83.3 cm³/mol. The van der Waals surface area contributed by atoms with Gasteiger partial charge in [-0.15, -0.1) is 0 Å². The minimum atomic E-state index is 0.449. The number of rotatable bonds is 3. The van der Waals surface area contributed by atoms with E-state index in [2.05, 4.69) is 20.3 Å². The van der Waals surface area contributed by atoms with Gasteiger partial charge in [0.2, 0.25) is 0 Å². The van der Waals surface area contributed by atoms with Crippen LogP contribution in [0, 0.1) is 0 Å². The molecule has 2 aromatic heterocycles. The van der Waals surface area contributed by atoms with Crippen molar-refractivity contribution >= 4 is 40.0 Å². The number of nitrogens with two attached hydrogens (primary N) is 1. The molecule has 3 aromatic rings. The van der Waals surface area contributed by atoms with Crippen LogP contribution in [0.15, 0.2) is 47.8 Å². The third-order valence-corrected chi connectivity index (χ3v) is 3.36. The van der Waals surface area contributed by atoms with Crippen LogP contribution in [0.2, 0.25) is 0 Å². The van der Waals surface area contributed by atoms with Crippen LogP contribution in [0.3, 0.4) is 0 Å². The summed E-state index contributed by atoms with van der Waals surface area (Å²) < 4.78 is 0. The number of fused-ring (bicyclic) bond motifs is 1. The minimum absolute atomic E-state index is 0.449. The number of anilines is 3. The SMILES string of the molecule is CSc1nc(N)cc(Nc2cccc3ncccc23)n1. The molecule has 3 N–H and O–H groups in total. The fourth-order valence-corrected chi connectivity index (χ4v) is 2.34. The van der Waals surface area contributed by atoms with Gasteiger partial charge in [0.1, 0.15) is 11.6 Å². The van der Waals surface area contributed by atoms with Gasteiger partial charge in [-0.1, -0.05) is 17.8 Å². The van der Waals surface area contributed by atoms with Crippen LogP contribution < -0.4 is 11.1 Å². The van der Waals surface area contributed by atoms with E-state index in [1.165, 1.54) is 11.8 Å². The number of nitrogen functional groups attached to an aromatic ring is 1. The lowest BCUT2D eigenvalue weighted by atomic mass is 10.2. The lowest BCUT2D eigenvalue weighted by molar-refractivity contribution is 0.985. The maximum absolute atomic E-state index is 5.78. The summed E-state index contributed by atoms with van der Waals surface area (Å²) in [6.45, 7) is 0. The molecule has 0 saturated carbocycles. The molecule has 0 atom stereocenters. The van der Waals surface area contributed by atoms with Crippen molar-refractivity contribution in [1.29, 1.82) is 0 Å². The number of pyridine rings is 1. The quantitative estimate of drug-likeness (QED) is 0.568. The van der Waals surface area contributed by atoms with E-state index in [0.717, 1.165) is 16.6 Å². The summed E-state index contributed by atoms with van der Waals surface area (Å²) >= 11 is 1.46. The lowest BCUT2D eigenvalue weighted by Crippen LogP contribution is -2.00. The van der Waals surface area contributed by atoms with E-state index < -0.39 is 0 Å². The van der Waals surface area contributed by atoms with Crippen molar-refractivity contribution in [2.24, 2.45) is 0 Å². The zero-order chi connectivity index (χ0) is 13.9. The topological polar surface area (TPSA) is 76.7 Å². The summed E-state index contributed by atoms with van der Waals surface area (Å²) in [4.78, 5) is 12.9. The van der Waals surface area contributed by atoms with Gasteiger partial charge in [0, 0.05) is 23.3 Å². The maximum atomic E-state index is 5.78. The normalized spacial score (nSPS) is 10.7. The van der Waals surface area contributed by atoms with Gasteiger partial charge in [-0.05, 0) is 30.5 Å². The van der Waals surface area contributed by atoms with E-state index in [1.54, 1.807) is 12.3 Å². The Hall–Kier alpha value is -2.34. The highest BCUT2D eigenvalue weighted by molar-refractivity contribution is 7.98. The second kappa shape index (κ2) is 5.34. The monoisotopic (exact) mass is 283 g/mol. The van der Waals surface area contributed by atoms with Crippen LogP contribution in [-0.2, 0) is 0 Å². The minimum Gasteiger partial charge on any atom is -0.383 e. The second-order valence-electron chi connectivity index (χ2n) is 4.17. The molecule has 0 aliphatic heterocycles. The molecule has 20 heavy (non-hydrogen) atoms. The Morgan fingerprint density at radius 3 is 2.90 bits per heavy atom. The largest absolute Gasteiger partial charge is 0.383 e. The molecule has 0 fully saturated rings. The van der Waals surface area contributed by atoms with Crippen molar-refractivity contribution in [1.82, 2.24) is 15.0 Å². The molecule has 0 saturated heterocycles. The molecule has 100 valence electrons. The maximum Gasteiger partial charge on any atom is 0.191 e. The molecule has 0 aliphatic rings. The highest BCUT2D eigenvalue weighted by Gasteiger charge is 2.05. The van der Waals surface area contributed by atoms with E-state index in [9.17, 15) is 0 Å². The van der Waals surface area contributed by atoms with E-state index in [-0.39, 0.29) is 0 Å². The molecule has 0 bridgehead atoms. The first-order valence-corrected chi connectivity index (χ1v) is 7.28. The Bertz CT molecular complexity index is 754. The van der Waals surface area contributed by atoms with Crippen LogP contribution in [0.5, 0.6) is 0 Å². The summed E-state index contributed by atoms with van der Waals surface area (Å²) in [6, 6.07) is 11.6. The molecule has 6 heteroatoms. The van der Waals surface area contributed by atoms with E-state index in [0.29, 0.717) is 16.8 Å². The molecule has 2 heterocycles. The van der Waals surface area contributed by atoms with Crippen LogP contribution >= 0.6 is 11.8 Å². The number of nitrogens with zero attached hydrogens (tertiary/aromatic N) is 3. The number of thioether (sulfide) groups is 1. The highest BCUT2D eigenvalue weighted by atomic mass is 32.2. The van der Waals surface area contributed by atoms with Gasteiger partial charge < -0.3 is 11.1 Å². The summed E-state index contributed by atoms with van der Waals surface area (Å²) in [5.74, 6) is 1.13. The Labute approximate surface area is 120 Å². The molecule has 0 spiro atoms. The average molecular weight is 283 g/mol. The van der Waals surface area contributed by atoms with Crippen molar-refractivity contribution in [2.45, 2.75) is 5.16 Å². The van der Waals surface area contributed by atoms with Gasteiger partial charge in [-0.25, -0.2) is 9.97 Å². The van der Waals surface area contributed by atoms with Gasteiger partial charge in [-0.2, -0.15) is 0 Å². The molecule has 3 rings (SSSR count). The van der Waals surface area contributed by atoms with Crippen molar-refractivity contribution in [3.63, 3.8) is 0 Å². The van der Waals surface area contributed by atoms with Crippen molar-refractivity contribution < 1.29 is 0 Å². The van der Waals surface area contributed by atoms with Crippen LogP contribution in [0.4, 0.5) is 17.3 Å². The number of benzene rings is 1. The Morgan fingerprint density at radius 1 is 1.15 bits per heavy atom. The first-order chi connectivity index (χ1) is 9.76. The summed E-state index contributed by atoms with van der Waals surface area (Å²) in [7, 11) is 0. The molecule has 0 aliphatic carbocycles. The second-order valence-corrected chi connectivity index (χ2v) is 4.94. The summed E-state index contributed by atoms with van der Waals surface area (Å²) in [6.07, 6.45) is 3.70. The van der Waals surface area contributed by atoms with Gasteiger partial charge in [0.25, 0.3) is 0 Å². The van der Waals surface area contributed by atoms with E-state index in [4.69, 9.17) is 5.73 Å². The molecule has 5 nitrogen and oxygen atoms in total. The van der Waals surface area contributed by atoms with Gasteiger partial charge in [0.05, 0.1) is 5.52 Å². The van der Waals surface area contributed by atoms with Crippen molar-refractivity contribution in [2.75, 3.05) is 17.3 Å². The van der Waals surface area contributed by atoms with Crippen molar-refractivity contribution in [3.8, 4) is 0 Å². The van der Waals surface area contributed by atoms with Crippen LogP contribution in [0.1, 0.15) is 0 Å². The first kappa shape index (κ1) is 12.7. The highest BCUT2D eigenvalue weighted by Crippen LogP contribution is 2.25.